The second-order valence-corrected chi connectivity index (χ2v) is 34.2. The Bertz CT molecular complexity index is 7890. The van der Waals surface area contributed by atoms with Gasteiger partial charge in [-0.2, -0.15) is 0 Å². The van der Waals surface area contributed by atoms with Crippen LogP contribution >= 0.6 is 0 Å². The minimum Gasteiger partial charge on any atom is -0.458 e. The predicted octanol–water partition coefficient (Wildman–Crippen LogP) is 23.0. The van der Waals surface area contributed by atoms with Crippen molar-refractivity contribution in [1.82, 2.24) is 0 Å². The molecule has 20 aromatic carbocycles. The second kappa shape index (κ2) is 32.7. The largest absolute Gasteiger partial charge is 0.458 e. The van der Waals surface area contributed by atoms with Crippen molar-refractivity contribution in [1.29, 1.82) is 0 Å². The van der Waals surface area contributed by atoms with Gasteiger partial charge in [-0.15, -0.1) is 0 Å². The van der Waals surface area contributed by atoms with Gasteiger partial charge in [0, 0.05) is 27.4 Å². The van der Waals surface area contributed by atoms with E-state index in [0.717, 1.165) is 186 Å². The molecule has 0 amide bonds. The summed E-state index contributed by atoms with van der Waals surface area (Å²) < 4.78 is 51.9. The minimum absolute atomic E-state index is 0.0146. The van der Waals surface area contributed by atoms with Gasteiger partial charge in [0.2, 0.25) is 0 Å². The molecule has 8 aliphatic heterocycles. The lowest BCUT2D eigenvalue weighted by atomic mass is 9.34. The first-order valence-corrected chi connectivity index (χ1v) is 44.9. The van der Waals surface area contributed by atoms with E-state index in [2.05, 4.69) is 370 Å². The fraction of sp³-hybridized carbons (Fsp3) is 0. The van der Waals surface area contributed by atoms with E-state index >= 15 is 0 Å². The van der Waals surface area contributed by atoms with Crippen LogP contribution in [0.1, 0.15) is 0 Å². The molecule has 0 fully saturated rings. The lowest BCUT2D eigenvalue weighted by Crippen LogP contribution is -2.57. The van der Waals surface area contributed by atoms with Crippen LogP contribution in [0.2, 0.25) is 0 Å². The summed E-state index contributed by atoms with van der Waals surface area (Å²) >= 11 is 0. The summed E-state index contributed by atoms with van der Waals surface area (Å²) in [7, 11) is 0. The van der Waals surface area contributed by atoms with Crippen molar-refractivity contribution >= 4 is 92.4 Å². The molecule has 132 heavy (non-hydrogen) atoms. The van der Waals surface area contributed by atoms with Crippen LogP contribution in [0, 0.1) is 0 Å². The van der Waals surface area contributed by atoms with Gasteiger partial charge in [0.25, 0.3) is 26.9 Å². The van der Waals surface area contributed by atoms with Crippen molar-refractivity contribution in [3.63, 3.8) is 0 Å². The third-order valence-corrected chi connectivity index (χ3v) is 26.4. The van der Waals surface area contributed by atoms with E-state index in [-0.39, 0.29) is 26.9 Å². The predicted molar refractivity (Wildman–Crippen MR) is 540 cm³/mol. The number of benzene rings is 20. The number of hydrogen-bond acceptors (Lipinski definition) is 8. The van der Waals surface area contributed by atoms with Crippen LogP contribution in [-0.2, 0) is 0 Å². The van der Waals surface area contributed by atoms with E-state index in [0.29, 0.717) is 0 Å². The number of para-hydroxylation sites is 4. The Morgan fingerprint density at radius 3 is 0.697 bits per heavy atom. The number of hydrogen-bond donors (Lipinski definition) is 0. The zero-order chi connectivity index (χ0) is 87.1. The summed E-state index contributed by atoms with van der Waals surface area (Å²) in [6, 6.07) is 160. The van der Waals surface area contributed by atoms with Crippen molar-refractivity contribution < 1.29 is 37.9 Å². The minimum atomic E-state index is 0.0146. The van der Waals surface area contributed by atoms with E-state index in [1.54, 1.807) is 0 Å². The highest BCUT2D eigenvalue weighted by Gasteiger charge is 2.46. The first-order chi connectivity index (χ1) is 65.4. The van der Waals surface area contributed by atoms with E-state index in [4.69, 9.17) is 37.9 Å². The third kappa shape index (κ3) is 13.9. The van der Waals surface area contributed by atoms with Gasteiger partial charge in [0.15, 0.2) is 0 Å². The Balaban J connectivity index is 0.0000000952. The van der Waals surface area contributed by atoms with Gasteiger partial charge < -0.3 is 37.9 Å². The van der Waals surface area contributed by atoms with Gasteiger partial charge in [0.05, 0.1) is 0 Å². The van der Waals surface area contributed by atoms with Crippen LogP contribution in [0.15, 0.2) is 461 Å². The molecule has 28 rings (SSSR count). The molecule has 8 heterocycles. The maximum atomic E-state index is 6.80. The van der Waals surface area contributed by atoms with Crippen LogP contribution in [-0.4, -0.2) is 26.9 Å². The molecule has 616 valence electrons. The Kier molecular flexibility index (Phi) is 19.2. The SMILES string of the molecule is c1ccc(-c2cc3c4c(c2)Oc2ccc(-c5ccccc5)cc2B4c2ccccc2O3)cc1.c1ccc(-c2ccc3c(c2)Oc2cc(-c4ccccc4)cc4c2B3c2cccc(-c3ccccc3)c2O4)cc1.c1ccc(-c2ccc3c(c2)Oc2cc(-c4ccccc4)cc4c2B3c2ccccc2O4)cc1.c1ccc(-c2ccc3c(c2)Oc2cccc4c2B3c2ccccc2O4)cc1. The Morgan fingerprint density at radius 1 is 0.114 bits per heavy atom. The molecule has 0 unspecified atom stereocenters. The molecule has 20 aromatic rings. The van der Waals surface area contributed by atoms with Crippen molar-refractivity contribution in [2.75, 3.05) is 0 Å². The van der Waals surface area contributed by atoms with Crippen molar-refractivity contribution in [3.8, 4) is 181 Å². The maximum Gasteiger partial charge on any atom is 0.260 e. The summed E-state index contributed by atoms with van der Waals surface area (Å²) in [5.41, 5.74) is 32.1. The normalized spacial score (nSPS) is 12.7. The zero-order valence-electron chi connectivity index (χ0n) is 71.5. The topological polar surface area (TPSA) is 73.8 Å². The lowest BCUT2D eigenvalue weighted by molar-refractivity contribution is 0.464. The van der Waals surface area contributed by atoms with Crippen LogP contribution < -0.4 is 103 Å². The van der Waals surface area contributed by atoms with Crippen LogP contribution in [0.4, 0.5) is 0 Å². The van der Waals surface area contributed by atoms with E-state index in [9.17, 15) is 0 Å². The standard InChI is InChI=1S/C36H23BO2.2C30H19BO2.C24H15BO2/c1-4-11-24(12-5-1)27-19-20-30-32(21-27)38-33-22-28(25-13-6-2-7-14-25)23-34-35(33)37(30)31-18-10-17-29(36(31)39-34)26-15-8-3-9-16-26;1-3-9-20(10-4-1)22-15-16-27-25(17-22)31-24-13-7-8-14-26(24)32-28-18-23(19-29(33-27)30(28)31)21-11-5-2-6-12-21;1-3-9-20(10-4-1)22-15-16-25-27(17-22)33-29-19-23(21-11-5-2-6-12-21)18-28-30(29)31(25)24-13-7-8-14-26(24)32-28;1-2-7-16(8-3-1)17-13-14-19-23(15-17)27-22-12-6-11-21-24(22)25(19)18-9-4-5-10-20(18)26-21/h1-23H;2*1-19H;1-15H. The molecule has 0 radical (unpaired) electrons. The maximum absolute atomic E-state index is 6.80. The fourth-order valence-corrected chi connectivity index (χ4v) is 20.3. The number of fused-ring (bicyclic) bond motifs is 16. The van der Waals surface area contributed by atoms with Crippen LogP contribution in [0.5, 0.6) is 92.0 Å². The molecule has 12 heteroatoms. The number of ether oxygens (including phenoxy) is 8. The molecule has 0 saturated heterocycles. The smallest absolute Gasteiger partial charge is 0.260 e. The van der Waals surface area contributed by atoms with Crippen molar-refractivity contribution in [3.05, 3.63) is 461 Å². The van der Waals surface area contributed by atoms with Crippen molar-refractivity contribution in [2.24, 2.45) is 0 Å². The molecule has 0 N–H and O–H groups in total. The summed E-state index contributed by atoms with van der Waals surface area (Å²) in [4.78, 5) is 0. The van der Waals surface area contributed by atoms with Crippen molar-refractivity contribution in [2.45, 2.75) is 0 Å². The second-order valence-electron chi connectivity index (χ2n) is 34.2. The molecular weight excluding hydrogens is 1610 g/mol. The third-order valence-electron chi connectivity index (χ3n) is 26.4. The Morgan fingerprint density at radius 2 is 0.333 bits per heavy atom. The van der Waals surface area contributed by atoms with Gasteiger partial charge >= 0.3 is 0 Å². The summed E-state index contributed by atoms with van der Waals surface area (Å²) in [5.74, 6) is 14.2. The van der Waals surface area contributed by atoms with Crippen LogP contribution in [0.25, 0.3) is 89.0 Å². The molecular formula is C120H76B4O8. The Hall–Kier alpha value is -16.9. The van der Waals surface area contributed by atoms with Gasteiger partial charge in [-0.05, 0) is 218 Å². The first kappa shape index (κ1) is 77.4. The van der Waals surface area contributed by atoms with Gasteiger partial charge in [0.1, 0.15) is 92.0 Å². The molecule has 0 atom stereocenters. The molecule has 0 bridgehead atoms. The summed E-state index contributed by atoms with van der Waals surface area (Å²) in [6.07, 6.45) is 0. The molecule has 0 aromatic heterocycles. The monoisotopic (exact) mass is 1690 g/mol. The molecule has 0 saturated carbocycles. The van der Waals surface area contributed by atoms with E-state index < -0.39 is 0 Å². The average Bonchev–Trinajstić information content (AvgIpc) is 0.739. The summed E-state index contributed by atoms with van der Waals surface area (Å²) in [5, 5.41) is 0. The van der Waals surface area contributed by atoms with E-state index in [1.165, 1.54) is 60.6 Å². The average molecular weight is 1690 g/mol. The lowest BCUT2D eigenvalue weighted by Gasteiger charge is -2.34. The quantitative estimate of drug-likeness (QED) is 0.139. The fourth-order valence-electron chi connectivity index (χ4n) is 20.3. The van der Waals surface area contributed by atoms with Gasteiger partial charge in [-0.25, -0.2) is 0 Å². The zero-order valence-corrected chi connectivity index (χ0v) is 71.5. The van der Waals surface area contributed by atoms with Gasteiger partial charge in [-0.1, -0.05) is 370 Å². The summed E-state index contributed by atoms with van der Waals surface area (Å²) in [6.45, 7) is 0.297. The highest BCUT2D eigenvalue weighted by molar-refractivity contribution is 7.00. The molecule has 0 spiro atoms. The highest BCUT2D eigenvalue weighted by atomic mass is 16.5. The van der Waals surface area contributed by atoms with Gasteiger partial charge in [-0.3, -0.25) is 0 Å². The Labute approximate surface area is 767 Å². The first-order valence-electron chi connectivity index (χ1n) is 44.9. The van der Waals surface area contributed by atoms with Crippen LogP contribution in [0.3, 0.4) is 0 Å². The van der Waals surface area contributed by atoms with E-state index in [1.807, 2.05) is 91.0 Å². The molecule has 0 aliphatic carbocycles. The highest BCUT2D eigenvalue weighted by Crippen LogP contribution is 2.46. The molecule has 8 aliphatic rings. The number of rotatable bonds is 8. The molecule has 8 nitrogen and oxygen atoms in total.